The van der Waals surface area contributed by atoms with Gasteiger partial charge in [-0.05, 0) is 24.3 Å². The van der Waals surface area contributed by atoms with Crippen LogP contribution in [0.4, 0.5) is 23.3 Å². The highest BCUT2D eigenvalue weighted by molar-refractivity contribution is 5.58. The molecule has 0 radical (unpaired) electrons. The molecule has 2 aromatic heterocycles. The molecule has 0 amide bonds. The van der Waals surface area contributed by atoms with Gasteiger partial charge in [0.15, 0.2) is 11.6 Å². The predicted octanol–water partition coefficient (Wildman–Crippen LogP) is 3.49. The van der Waals surface area contributed by atoms with E-state index in [0.717, 1.165) is 0 Å². The molecule has 2 aromatic carbocycles. The van der Waals surface area contributed by atoms with Crippen LogP contribution >= 0.6 is 0 Å². The van der Waals surface area contributed by atoms with Crippen LogP contribution in [0.1, 0.15) is 0 Å². The van der Waals surface area contributed by atoms with Crippen molar-refractivity contribution >= 4 is 23.3 Å². The Hall–Kier alpha value is -4.88. The number of nitrogens with zero attached hydrogens (tertiary/aromatic N) is 8. The largest absolute Gasteiger partial charge is 0.287 e. The Bertz CT molecular complexity index is 1150. The number of hydrogen-bond acceptors (Lipinski definition) is 10. The van der Waals surface area contributed by atoms with Crippen LogP contribution in [-0.2, 0) is 0 Å². The molecule has 4 rings (SSSR count). The molecule has 2 N–H and O–H groups in total. The molecule has 2 heterocycles. The number of non-ortho nitro benzene ring substituents is 2. The first-order chi connectivity index (χ1) is 14.5. The van der Waals surface area contributed by atoms with Crippen LogP contribution in [-0.4, -0.2) is 40.2 Å². The summed E-state index contributed by atoms with van der Waals surface area (Å²) < 4.78 is 0. The van der Waals surface area contributed by atoms with Gasteiger partial charge in [0, 0.05) is 35.4 Å². The molecule has 0 atom stereocenters. The number of benzene rings is 2. The molecular weight excluding hydrogens is 396 g/mol. The van der Waals surface area contributed by atoms with E-state index in [9.17, 15) is 20.2 Å². The number of nitro benzene ring substituents is 2. The van der Waals surface area contributed by atoms with Gasteiger partial charge >= 0.3 is 0 Å². The summed E-state index contributed by atoms with van der Waals surface area (Å²) in [6.45, 7) is 0. The molecular formula is C16H10N10O4. The van der Waals surface area contributed by atoms with Gasteiger partial charge in [-0.25, -0.2) is 0 Å². The first-order valence-electron chi connectivity index (χ1n) is 8.26. The third-order valence-corrected chi connectivity index (χ3v) is 3.88. The summed E-state index contributed by atoms with van der Waals surface area (Å²) >= 11 is 0. The van der Waals surface area contributed by atoms with E-state index in [1.165, 1.54) is 48.5 Å². The van der Waals surface area contributed by atoms with E-state index >= 15 is 0 Å². The molecule has 0 unspecified atom stereocenters. The minimum atomic E-state index is -0.494. The number of hydrogen-bond donors (Lipinski definition) is 2. The van der Waals surface area contributed by atoms with Crippen LogP contribution < -0.4 is 0 Å². The first-order valence-corrected chi connectivity index (χ1v) is 8.26. The van der Waals surface area contributed by atoms with E-state index in [0.29, 0.717) is 22.8 Å². The fourth-order valence-electron chi connectivity index (χ4n) is 2.43. The van der Waals surface area contributed by atoms with E-state index < -0.39 is 9.85 Å². The van der Waals surface area contributed by atoms with E-state index in [1.807, 2.05) is 0 Å². The highest BCUT2D eigenvalue weighted by Gasteiger charge is 2.10. The molecule has 148 valence electrons. The monoisotopic (exact) mass is 406 g/mol. The van der Waals surface area contributed by atoms with Gasteiger partial charge in [-0.2, -0.15) is 9.97 Å². The van der Waals surface area contributed by atoms with E-state index in [4.69, 9.17) is 0 Å². The van der Waals surface area contributed by atoms with Gasteiger partial charge in [0.05, 0.1) is 9.85 Å². The molecule has 0 spiro atoms. The maximum absolute atomic E-state index is 10.7. The van der Waals surface area contributed by atoms with Crippen LogP contribution in [0.2, 0.25) is 0 Å². The van der Waals surface area contributed by atoms with Crippen molar-refractivity contribution in [2.75, 3.05) is 0 Å². The number of rotatable bonds is 6. The summed E-state index contributed by atoms with van der Waals surface area (Å²) in [5.74, 6) is 0.760. The summed E-state index contributed by atoms with van der Waals surface area (Å²) in [5.41, 5.74) is 1.11. The highest BCUT2D eigenvalue weighted by Crippen LogP contribution is 2.23. The van der Waals surface area contributed by atoms with Gasteiger partial charge < -0.3 is 0 Å². The second-order valence-corrected chi connectivity index (χ2v) is 5.78. The zero-order valence-electron chi connectivity index (χ0n) is 14.8. The fraction of sp³-hybridized carbons (Fsp3) is 0. The molecule has 4 aromatic rings. The van der Waals surface area contributed by atoms with E-state index in [2.05, 4.69) is 40.6 Å². The Morgan fingerprint density at radius 3 is 1.37 bits per heavy atom. The van der Waals surface area contributed by atoms with Gasteiger partial charge in [0.25, 0.3) is 23.3 Å². The molecule has 0 aliphatic heterocycles. The lowest BCUT2D eigenvalue weighted by molar-refractivity contribution is -0.385. The Morgan fingerprint density at radius 2 is 1.03 bits per heavy atom. The standard InChI is InChI=1S/C16H10N10O4/c27-25(28)11-5-1-9(2-6-11)13-17-15(21-19-13)23-24-16-18-14(20-22-16)10-3-7-12(8-4-10)26(29)30/h1-8H,(H,17,19,21)(H,18,20,22)/b24-23-. The van der Waals surface area contributed by atoms with Crippen LogP contribution in [0.5, 0.6) is 0 Å². The predicted molar refractivity (Wildman–Crippen MR) is 101 cm³/mol. The number of nitrogens with one attached hydrogen (secondary N) is 2. The van der Waals surface area contributed by atoms with Gasteiger partial charge in [-0.15, -0.1) is 20.4 Å². The van der Waals surface area contributed by atoms with Gasteiger partial charge in [-0.3, -0.25) is 30.4 Å². The molecule has 0 saturated carbocycles. The Balaban J connectivity index is 1.47. The van der Waals surface area contributed by atoms with E-state index in [-0.39, 0.29) is 23.3 Å². The van der Waals surface area contributed by atoms with Crippen molar-refractivity contribution in [2.45, 2.75) is 0 Å². The van der Waals surface area contributed by atoms with Crippen molar-refractivity contribution in [3.63, 3.8) is 0 Å². The van der Waals surface area contributed by atoms with Crippen molar-refractivity contribution in [3.05, 3.63) is 68.8 Å². The van der Waals surface area contributed by atoms with Crippen LogP contribution in [0.3, 0.4) is 0 Å². The lowest BCUT2D eigenvalue weighted by Crippen LogP contribution is -1.87. The summed E-state index contributed by atoms with van der Waals surface area (Å²) in [6, 6.07) is 11.5. The van der Waals surface area contributed by atoms with Crippen molar-refractivity contribution < 1.29 is 9.85 Å². The topological polar surface area (TPSA) is 194 Å². The number of aromatic amines is 2. The Kier molecular flexibility index (Phi) is 4.70. The zero-order valence-corrected chi connectivity index (χ0v) is 14.8. The summed E-state index contributed by atoms with van der Waals surface area (Å²) in [7, 11) is 0. The molecule has 0 fully saturated rings. The van der Waals surface area contributed by atoms with Crippen molar-refractivity contribution in [3.8, 4) is 22.8 Å². The molecule has 0 bridgehead atoms. The third kappa shape index (κ3) is 3.86. The first kappa shape index (κ1) is 18.5. The van der Waals surface area contributed by atoms with Crippen LogP contribution in [0, 0.1) is 20.2 Å². The number of H-pyrrole nitrogens is 2. The minimum absolute atomic E-state index is 0.0186. The van der Waals surface area contributed by atoms with Crippen LogP contribution in [0.15, 0.2) is 58.8 Å². The number of azo groups is 1. The van der Waals surface area contributed by atoms with Crippen molar-refractivity contribution in [1.29, 1.82) is 0 Å². The Morgan fingerprint density at radius 1 is 0.667 bits per heavy atom. The van der Waals surface area contributed by atoms with Crippen LogP contribution in [0.25, 0.3) is 22.8 Å². The fourth-order valence-corrected chi connectivity index (χ4v) is 2.43. The molecule has 14 heteroatoms. The summed E-state index contributed by atoms with van der Waals surface area (Å²) in [4.78, 5) is 28.7. The second-order valence-electron chi connectivity index (χ2n) is 5.78. The summed E-state index contributed by atoms with van der Waals surface area (Å²) in [5, 5.41) is 42.2. The average Bonchev–Trinajstić information content (AvgIpc) is 3.42. The summed E-state index contributed by atoms with van der Waals surface area (Å²) in [6.07, 6.45) is 0. The maximum atomic E-state index is 10.7. The van der Waals surface area contributed by atoms with E-state index in [1.54, 1.807) is 0 Å². The second kappa shape index (κ2) is 7.63. The third-order valence-electron chi connectivity index (χ3n) is 3.88. The van der Waals surface area contributed by atoms with Crippen molar-refractivity contribution in [1.82, 2.24) is 30.4 Å². The Labute approximate surface area is 166 Å². The number of aromatic nitrogens is 6. The zero-order chi connectivity index (χ0) is 21.1. The maximum Gasteiger partial charge on any atom is 0.287 e. The lowest BCUT2D eigenvalue weighted by atomic mass is 10.2. The molecule has 0 saturated heterocycles. The lowest BCUT2D eigenvalue weighted by Gasteiger charge is -1.94. The molecule has 14 nitrogen and oxygen atoms in total. The normalized spacial score (nSPS) is 11.1. The van der Waals surface area contributed by atoms with Gasteiger partial charge in [-0.1, -0.05) is 0 Å². The smallest absolute Gasteiger partial charge is 0.258 e. The average molecular weight is 406 g/mol. The van der Waals surface area contributed by atoms with Gasteiger partial charge in [0.1, 0.15) is 0 Å². The SMILES string of the molecule is O=[N+]([O-])c1ccc(-c2nc(/N=N\c3n[nH]c(-c4ccc([N+](=O)[O-])cc4)n3)n[nH]2)cc1. The quantitative estimate of drug-likeness (QED) is 0.276. The van der Waals surface area contributed by atoms with Gasteiger partial charge in [0.2, 0.25) is 0 Å². The highest BCUT2D eigenvalue weighted by atomic mass is 16.6. The van der Waals surface area contributed by atoms with Crippen molar-refractivity contribution in [2.24, 2.45) is 10.2 Å². The minimum Gasteiger partial charge on any atom is -0.258 e. The molecule has 0 aliphatic rings. The molecule has 30 heavy (non-hydrogen) atoms. The molecule has 0 aliphatic carbocycles. The number of nitro groups is 2.